The van der Waals surface area contributed by atoms with E-state index >= 15 is 0 Å². The van der Waals surface area contributed by atoms with Crippen molar-refractivity contribution in [3.63, 3.8) is 0 Å². The van der Waals surface area contributed by atoms with Crippen molar-refractivity contribution in [2.75, 3.05) is 5.32 Å². The van der Waals surface area contributed by atoms with Gasteiger partial charge in [0.2, 0.25) is 11.8 Å². The Morgan fingerprint density at radius 2 is 2.00 bits per heavy atom. The summed E-state index contributed by atoms with van der Waals surface area (Å²) >= 11 is 6.26. The number of nitrogens with one attached hydrogen (secondary N) is 2. The summed E-state index contributed by atoms with van der Waals surface area (Å²) in [5.74, 6) is -0.116. The predicted octanol–water partition coefficient (Wildman–Crippen LogP) is 3.94. The molecule has 1 aliphatic rings. The smallest absolute Gasteiger partial charge is 0.240 e. The number of hydrazone groups is 1. The van der Waals surface area contributed by atoms with Crippen LogP contribution in [0.2, 0.25) is 5.02 Å². The Labute approximate surface area is 163 Å². The van der Waals surface area contributed by atoms with Crippen LogP contribution in [-0.4, -0.2) is 17.5 Å². The molecule has 1 unspecified atom stereocenters. The summed E-state index contributed by atoms with van der Waals surface area (Å²) in [5, 5.41) is 7.68. The lowest BCUT2D eigenvalue weighted by Crippen LogP contribution is -2.31. The maximum absolute atomic E-state index is 12.4. The molecule has 1 atom stereocenters. The first-order valence-corrected chi connectivity index (χ1v) is 9.38. The number of aryl methyl sites for hydroxylation is 1. The Kier molecular flexibility index (Phi) is 5.91. The van der Waals surface area contributed by atoms with Gasteiger partial charge in [-0.15, -0.1) is 0 Å². The van der Waals surface area contributed by atoms with E-state index in [1.165, 1.54) is 0 Å². The Balaban J connectivity index is 1.68. The Bertz CT molecular complexity index is 891. The molecule has 2 aromatic rings. The quantitative estimate of drug-likeness (QED) is 0.820. The van der Waals surface area contributed by atoms with Crippen LogP contribution in [0.4, 0.5) is 5.69 Å². The van der Waals surface area contributed by atoms with Crippen LogP contribution in [0.5, 0.6) is 0 Å². The lowest BCUT2D eigenvalue weighted by Gasteiger charge is -2.19. The fourth-order valence-corrected chi connectivity index (χ4v) is 3.49. The summed E-state index contributed by atoms with van der Waals surface area (Å²) in [5.41, 5.74) is 6.96. The number of carbonyl (C=O) groups excluding carboxylic acids is 2. The van der Waals surface area contributed by atoms with Crippen LogP contribution in [0.1, 0.15) is 37.0 Å². The third kappa shape index (κ3) is 4.55. The predicted molar refractivity (Wildman–Crippen MR) is 108 cm³/mol. The van der Waals surface area contributed by atoms with E-state index < -0.39 is 0 Å². The minimum absolute atomic E-state index is 0.0619. The van der Waals surface area contributed by atoms with Crippen molar-refractivity contribution in [3.05, 3.63) is 64.2 Å². The van der Waals surface area contributed by atoms with E-state index in [0.29, 0.717) is 17.1 Å². The van der Waals surface area contributed by atoms with Gasteiger partial charge >= 0.3 is 0 Å². The molecule has 0 spiro atoms. The van der Waals surface area contributed by atoms with Gasteiger partial charge in [0.15, 0.2) is 0 Å². The first kappa shape index (κ1) is 19.1. The number of rotatable bonds is 5. The molecule has 27 heavy (non-hydrogen) atoms. The molecule has 5 nitrogen and oxygen atoms in total. The number of anilines is 1. The second-order valence-corrected chi connectivity index (χ2v) is 7.08. The van der Waals surface area contributed by atoms with Gasteiger partial charge in [0.25, 0.3) is 0 Å². The molecule has 1 aliphatic heterocycles. The van der Waals surface area contributed by atoms with E-state index in [1.54, 1.807) is 0 Å². The van der Waals surface area contributed by atoms with E-state index in [1.807, 2.05) is 56.3 Å². The van der Waals surface area contributed by atoms with E-state index in [2.05, 4.69) is 15.8 Å². The SMILES string of the molecule is CCc1cccc(Cl)c1CC(=O)Nc1ccc(C2=NNC(=O)CC2C)cc1. The molecule has 2 amide bonds. The fraction of sp³-hybridized carbons (Fsp3) is 0.286. The third-order valence-corrected chi connectivity index (χ3v) is 5.01. The van der Waals surface area contributed by atoms with Gasteiger partial charge in [-0.3, -0.25) is 9.59 Å². The summed E-state index contributed by atoms with van der Waals surface area (Å²) in [7, 11) is 0. The van der Waals surface area contributed by atoms with Crippen LogP contribution < -0.4 is 10.7 Å². The molecule has 0 aromatic heterocycles. The number of hydrogen-bond acceptors (Lipinski definition) is 3. The Hall–Kier alpha value is -2.66. The van der Waals surface area contributed by atoms with E-state index in [4.69, 9.17) is 11.6 Å². The largest absolute Gasteiger partial charge is 0.326 e. The molecule has 6 heteroatoms. The number of nitrogens with zero attached hydrogens (tertiary/aromatic N) is 1. The van der Waals surface area contributed by atoms with Gasteiger partial charge in [-0.25, -0.2) is 5.43 Å². The maximum atomic E-state index is 12.4. The van der Waals surface area contributed by atoms with Gasteiger partial charge in [-0.05, 0) is 41.3 Å². The standard InChI is InChI=1S/C21H22ClN3O2/c1-3-14-5-4-6-18(22)17(14)12-19(26)23-16-9-7-15(8-10-16)21-13(2)11-20(27)24-25-21/h4-10,13H,3,11-12H2,1-2H3,(H,23,26)(H,24,27). The fourth-order valence-electron chi connectivity index (χ4n) is 3.22. The van der Waals surface area contributed by atoms with Crippen LogP contribution in [0.15, 0.2) is 47.6 Å². The van der Waals surface area contributed by atoms with Crippen molar-refractivity contribution < 1.29 is 9.59 Å². The van der Waals surface area contributed by atoms with Gasteiger partial charge in [-0.1, -0.05) is 49.7 Å². The van der Waals surface area contributed by atoms with Crippen LogP contribution >= 0.6 is 11.6 Å². The van der Waals surface area contributed by atoms with Crippen LogP contribution in [-0.2, 0) is 22.4 Å². The highest BCUT2D eigenvalue weighted by atomic mass is 35.5. The number of benzene rings is 2. The molecule has 0 bridgehead atoms. The summed E-state index contributed by atoms with van der Waals surface area (Å²) in [4.78, 5) is 23.8. The van der Waals surface area contributed by atoms with Crippen molar-refractivity contribution in [1.82, 2.24) is 5.43 Å². The highest BCUT2D eigenvalue weighted by Crippen LogP contribution is 2.22. The lowest BCUT2D eigenvalue weighted by molar-refractivity contribution is -0.122. The van der Waals surface area contributed by atoms with Gasteiger partial charge < -0.3 is 5.32 Å². The molecule has 140 valence electrons. The topological polar surface area (TPSA) is 70.6 Å². The van der Waals surface area contributed by atoms with Crippen molar-refractivity contribution >= 4 is 34.8 Å². The van der Waals surface area contributed by atoms with Crippen molar-refractivity contribution in [2.24, 2.45) is 11.0 Å². The Morgan fingerprint density at radius 1 is 1.26 bits per heavy atom. The molecule has 0 aliphatic carbocycles. The zero-order valence-electron chi connectivity index (χ0n) is 15.4. The molecular weight excluding hydrogens is 362 g/mol. The second kappa shape index (κ2) is 8.35. The van der Waals surface area contributed by atoms with E-state index in [9.17, 15) is 9.59 Å². The van der Waals surface area contributed by atoms with Crippen LogP contribution in [0, 0.1) is 5.92 Å². The Morgan fingerprint density at radius 3 is 2.67 bits per heavy atom. The molecule has 0 radical (unpaired) electrons. The minimum atomic E-state index is -0.110. The first-order valence-electron chi connectivity index (χ1n) is 9.01. The highest BCUT2D eigenvalue weighted by molar-refractivity contribution is 6.31. The van der Waals surface area contributed by atoms with Crippen LogP contribution in [0.25, 0.3) is 0 Å². The van der Waals surface area contributed by atoms with Gasteiger partial charge in [-0.2, -0.15) is 5.10 Å². The van der Waals surface area contributed by atoms with Crippen molar-refractivity contribution in [2.45, 2.75) is 33.1 Å². The minimum Gasteiger partial charge on any atom is -0.326 e. The monoisotopic (exact) mass is 383 g/mol. The van der Waals surface area contributed by atoms with Gasteiger partial charge in [0.05, 0.1) is 12.1 Å². The van der Waals surface area contributed by atoms with Gasteiger partial charge in [0.1, 0.15) is 0 Å². The van der Waals surface area contributed by atoms with E-state index in [-0.39, 0.29) is 24.2 Å². The molecule has 2 aromatic carbocycles. The molecule has 0 fully saturated rings. The zero-order valence-corrected chi connectivity index (χ0v) is 16.1. The summed E-state index contributed by atoms with van der Waals surface area (Å²) < 4.78 is 0. The molecule has 2 N–H and O–H groups in total. The number of amides is 2. The average Bonchev–Trinajstić information content (AvgIpc) is 2.64. The number of halogens is 1. The summed E-state index contributed by atoms with van der Waals surface area (Å²) in [6.07, 6.45) is 1.49. The number of carbonyl (C=O) groups is 2. The number of hydrogen-bond donors (Lipinski definition) is 2. The van der Waals surface area contributed by atoms with Gasteiger partial charge in [0, 0.05) is 23.0 Å². The molecule has 1 heterocycles. The molecule has 0 saturated carbocycles. The summed E-state index contributed by atoms with van der Waals surface area (Å²) in [6, 6.07) is 13.2. The average molecular weight is 384 g/mol. The van der Waals surface area contributed by atoms with Crippen molar-refractivity contribution in [3.8, 4) is 0 Å². The normalized spacial score (nSPS) is 16.5. The third-order valence-electron chi connectivity index (χ3n) is 4.66. The van der Waals surface area contributed by atoms with Crippen molar-refractivity contribution in [1.29, 1.82) is 0 Å². The maximum Gasteiger partial charge on any atom is 0.240 e. The first-order chi connectivity index (χ1) is 13.0. The van der Waals surface area contributed by atoms with E-state index in [0.717, 1.165) is 28.8 Å². The molecule has 3 rings (SSSR count). The van der Waals surface area contributed by atoms with Crippen LogP contribution in [0.3, 0.4) is 0 Å². The lowest BCUT2D eigenvalue weighted by atomic mass is 9.94. The summed E-state index contributed by atoms with van der Waals surface area (Å²) in [6.45, 7) is 4.02. The second-order valence-electron chi connectivity index (χ2n) is 6.67. The highest BCUT2D eigenvalue weighted by Gasteiger charge is 2.21. The molecule has 0 saturated heterocycles. The zero-order chi connectivity index (χ0) is 19.4. The molecular formula is C21H22ClN3O2.